The van der Waals surface area contributed by atoms with Gasteiger partial charge in [-0.2, -0.15) is 4.80 Å². The molecule has 1 fully saturated rings. The first-order valence-corrected chi connectivity index (χ1v) is 4.96. The summed E-state index contributed by atoms with van der Waals surface area (Å²) < 4.78 is 0. The average Bonchev–Trinajstić information content (AvgIpc) is 2.48. The highest BCUT2D eigenvalue weighted by molar-refractivity contribution is 6.06. The first-order chi connectivity index (χ1) is 7.16. The standard InChI is InChI=1S/C9H12N4O2/c1-13-11-9(10-12-13)8(15)5-7(14)6-3-2-4-6/h6H,2-5H2,1H3. The van der Waals surface area contributed by atoms with Crippen LogP contribution in [0.1, 0.15) is 36.3 Å². The number of carbonyl (C=O) groups is 2. The van der Waals surface area contributed by atoms with Crippen molar-refractivity contribution in [1.82, 2.24) is 20.2 Å². The van der Waals surface area contributed by atoms with E-state index in [1.54, 1.807) is 7.05 Å². The van der Waals surface area contributed by atoms with Crippen LogP contribution in [-0.2, 0) is 11.8 Å². The van der Waals surface area contributed by atoms with E-state index < -0.39 is 0 Å². The predicted molar refractivity (Wildman–Crippen MR) is 50.1 cm³/mol. The number of hydrogen-bond acceptors (Lipinski definition) is 5. The van der Waals surface area contributed by atoms with Gasteiger partial charge < -0.3 is 0 Å². The first-order valence-electron chi connectivity index (χ1n) is 4.96. The molecule has 0 radical (unpaired) electrons. The maximum atomic E-state index is 11.5. The van der Waals surface area contributed by atoms with Gasteiger partial charge in [0.1, 0.15) is 5.78 Å². The van der Waals surface area contributed by atoms with Crippen LogP contribution in [-0.4, -0.2) is 31.8 Å². The lowest BCUT2D eigenvalue weighted by Gasteiger charge is -2.22. The molecule has 0 spiro atoms. The molecule has 0 unspecified atom stereocenters. The molecule has 6 heteroatoms. The third kappa shape index (κ3) is 2.08. The van der Waals surface area contributed by atoms with Crippen LogP contribution in [0.2, 0.25) is 0 Å². The van der Waals surface area contributed by atoms with Gasteiger partial charge in [0, 0.05) is 5.92 Å². The molecule has 1 aliphatic rings. The van der Waals surface area contributed by atoms with Crippen LogP contribution in [0.4, 0.5) is 0 Å². The predicted octanol–water partition coefficient (Wildman–Crippen LogP) is 0.152. The fraction of sp³-hybridized carbons (Fsp3) is 0.667. The van der Waals surface area contributed by atoms with Crippen LogP contribution in [0.5, 0.6) is 0 Å². The molecule has 1 aliphatic carbocycles. The highest BCUT2D eigenvalue weighted by Gasteiger charge is 2.27. The largest absolute Gasteiger partial charge is 0.299 e. The molecule has 1 saturated carbocycles. The highest BCUT2D eigenvalue weighted by Crippen LogP contribution is 2.28. The Kier molecular flexibility index (Phi) is 2.57. The van der Waals surface area contributed by atoms with Gasteiger partial charge in [-0.15, -0.1) is 10.2 Å². The Balaban J connectivity index is 1.94. The molecule has 80 valence electrons. The Morgan fingerprint density at radius 2 is 2.20 bits per heavy atom. The monoisotopic (exact) mass is 208 g/mol. The molecule has 1 aromatic rings. The van der Waals surface area contributed by atoms with Crippen molar-refractivity contribution in [3.63, 3.8) is 0 Å². The molecule has 0 atom stereocenters. The summed E-state index contributed by atoms with van der Waals surface area (Å²) >= 11 is 0. The van der Waals surface area contributed by atoms with Crippen molar-refractivity contribution in [1.29, 1.82) is 0 Å². The fourth-order valence-corrected chi connectivity index (χ4v) is 1.51. The van der Waals surface area contributed by atoms with Crippen molar-refractivity contribution in [2.75, 3.05) is 0 Å². The Labute approximate surface area is 86.7 Å². The lowest BCUT2D eigenvalue weighted by molar-refractivity contribution is -0.124. The molecule has 0 aromatic carbocycles. The second-order valence-corrected chi connectivity index (χ2v) is 3.80. The van der Waals surface area contributed by atoms with Crippen molar-refractivity contribution in [2.24, 2.45) is 13.0 Å². The summed E-state index contributed by atoms with van der Waals surface area (Å²) in [7, 11) is 1.58. The highest BCUT2D eigenvalue weighted by atomic mass is 16.2. The zero-order chi connectivity index (χ0) is 10.8. The minimum atomic E-state index is -0.333. The summed E-state index contributed by atoms with van der Waals surface area (Å²) in [6.07, 6.45) is 2.84. The number of rotatable bonds is 4. The molecule has 0 N–H and O–H groups in total. The van der Waals surface area contributed by atoms with E-state index in [-0.39, 0.29) is 29.7 Å². The van der Waals surface area contributed by atoms with Crippen LogP contribution in [0.25, 0.3) is 0 Å². The molecular weight excluding hydrogens is 196 g/mol. The maximum absolute atomic E-state index is 11.5. The quantitative estimate of drug-likeness (QED) is 0.520. The van der Waals surface area contributed by atoms with Gasteiger partial charge >= 0.3 is 0 Å². The Bertz CT molecular complexity index is 395. The van der Waals surface area contributed by atoms with E-state index in [1.807, 2.05) is 0 Å². The van der Waals surface area contributed by atoms with Crippen LogP contribution < -0.4 is 0 Å². The van der Waals surface area contributed by atoms with Crippen LogP contribution in [0, 0.1) is 5.92 Å². The maximum Gasteiger partial charge on any atom is 0.240 e. The smallest absolute Gasteiger partial charge is 0.240 e. The summed E-state index contributed by atoms with van der Waals surface area (Å²) in [6.45, 7) is 0. The molecule has 2 rings (SSSR count). The number of ketones is 2. The van der Waals surface area contributed by atoms with E-state index in [0.29, 0.717) is 0 Å². The van der Waals surface area contributed by atoms with E-state index in [2.05, 4.69) is 15.4 Å². The zero-order valence-electron chi connectivity index (χ0n) is 8.51. The number of Topliss-reactive ketones (excluding diaryl/α,β-unsaturated/α-hetero) is 2. The topological polar surface area (TPSA) is 77.7 Å². The number of nitrogens with zero attached hydrogens (tertiary/aromatic N) is 4. The van der Waals surface area contributed by atoms with E-state index >= 15 is 0 Å². The summed E-state index contributed by atoms with van der Waals surface area (Å²) in [4.78, 5) is 24.2. The molecule has 6 nitrogen and oxygen atoms in total. The van der Waals surface area contributed by atoms with Crippen LogP contribution in [0.3, 0.4) is 0 Å². The van der Waals surface area contributed by atoms with E-state index in [0.717, 1.165) is 19.3 Å². The molecular formula is C9H12N4O2. The van der Waals surface area contributed by atoms with Crippen molar-refractivity contribution in [3.05, 3.63) is 5.82 Å². The van der Waals surface area contributed by atoms with Crippen LogP contribution >= 0.6 is 0 Å². The molecule has 15 heavy (non-hydrogen) atoms. The third-order valence-electron chi connectivity index (χ3n) is 2.65. The molecule has 0 bridgehead atoms. The van der Waals surface area contributed by atoms with Crippen molar-refractivity contribution in [2.45, 2.75) is 25.7 Å². The van der Waals surface area contributed by atoms with E-state index in [1.165, 1.54) is 4.80 Å². The number of aryl methyl sites for hydroxylation is 1. The summed E-state index contributed by atoms with van der Waals surface area (Å²) in [5.74, 6) is -0.200. The first kappa shape index (κ1) is 9.95. The SMILES string of the molecule is Cn1nnc(C(=O)CC(=O)C2CCC2)n1. The van der Waals surface area contributed by atoms with Gasteiger partial charge in [0.2, 0.25) is 11.6 Å². The van der Waals surface area contributed by atoms with Gasteiger partial charge in [0.05, 0.1) is 13.5 Å². The van der Waals surface area contributed by atoms with Crippen molar-refractivity contribution >= 4 is 11.6 Å². The second-order valence-electron chi connectivity index (χ2n) is 3.80. The molecule has 1 aromatic heterocycles. The summed E-state index contributed by atoms with van der Waals surface area (Å²) in [5.41, 5.74) is 0. The van der Waals surface area contributed by atoms with Crippen molar-refractivity contribution in [3.8, 4) is 0 Å². The summed E-state index contributed by atoms with van der Waals surface area (Å²) in [5, 5.41) is 10.9. The number of tetrazole rings is 1. The Hall–Kier alpha value is -1.59. The molecule has 1 heterocycles. The van der Waals surface area contributed by atoms with Gasteiger partial charge in [-0.1, -0.05) is 6.42 Å². The lowest BCUT2D eigenvalue weighted by Crippen LogP contribution is -2.24. The normalized spacial score (nSPS) is 16.1. The minimum Gasteiger partial charge on any atom is -0.299 e. The Morgan fingerprint density at radius 1 is 1.47 bits per heavy atom. The zero-order valence-corrected chi connectivity index (χ0v) is 8.51. The average molecular weight is 208 g/mol. The van der Waals surface area contributed by atoms with Gasteiger partial charge in [-0.3, -0.25) is 9.59 Å². The van der Waals surface area contributed by atoms with E-state index in [9.17, 15) is 9.59 Å². The van der Waals surface area contributed by atoms with E-state index in [4.69, 9.17) is 0 Å². The minimum absolute atomic E-state index is 0.0127. The van der Waals surface area contributed by atoms with Gasteiger partial charge in [-0.25, -0.2) is 0 Å². The Morgan fingerprint density at radius 3 is 2.67 bits per heavy atom. The van der Waals surface area contributed by atoms with Crippen molar-refractivity contribution < 1.29 is 9.59 Å². The number of hydrogen-bond donors (Lipinski definition) is 0. The third-order valence-corrected chi connectivity index (χ3v) is 2.65. The van der Waals surface area contributed by atoms with Gasteiger partial charge in [0.25, 0.3) is 0 Å². The fourth-order valence-electron chi connectivity index (χ4n) is 1.51. The number of carbonyl (C=O) groups excluding carboxylic acids is 2. The van der Waals surface area contributed by atoms with Gasteiger partial charge in [-0.05, 0) is 18.1 Å². The molecule has 0 amide bonds. The van der Waals surface area contributed by atoms with Crippen LogP contribution in [0.15, 0.2) is 0 Å². The summed E-state index contributed by atoms with van der Waals surface area (Å²) in [6, 6.07) is 0. The second kappa shape index (κ2) is 3.88. The number of aromatic nitrogens is 4. The van der Waals surface area contributed by atoms with Gasteiger partial charge in [0.15, 0.2) is 0 Å². The lowest BCUT2D eigenvalue weighted by atomic mass is 9.81. The molecule has 0 aliphatic heterocycles. The molecule has 0 saturated heterocycles.